The lowest BCUT2D eigenvalue weighted by atomic mass is 10.2. The van der Waals surface area contributed by atoms with Crippen molar-refractivity contribution in [2.75, 3.05) is 20.2 Å². The molecule has 2 rings (SSSR count). The third-order valence-electron chi connectivity index (χ3n) is 3.17. The number of nitrogens with two attached hydrogens (primary N) is 1. The van der Waals surface area contributed by atoms with Gasteiger partial charge in [0.2, 0.25) is 10.0 Å². The fourth-order valence-corrected chi connectivity index (χ4v) is 3.83. The monoisotopic (exact) mass is 302 g/mol. The summed E-state index contributed by atoms with van der Waals surface area (Å²) in [5, 5.41) is 0. The maximum absolute atomic E-state index is 13.8. The largest absolute Gasteiger partial charge is 0.465 e. The molecule has 1 aromatic rings. The summed E-state index contributed by atoms with van der Waals surface area (Å²) in [7, 11) is -2.90. The Morgan fingerprint density at radius 2 is 2.20 bits per heavy atom. The lowest BCUT2D eigenvalue weighted by Gasteiger charge is -2.18. The fraction of sp³-hybridized carbons (Fsp3) is 0.417. The molecule has 0 bridgehead atoms. The van der Waals surface area contributed by atoms with E-state index in [1.807, 2.05) is 0 Å². The maximum atomic E-state index is 13.8. The molecule has 0 saturated carbocycles. The molecule has 1 aliphatic rings. The average molecular weight is 302 g/mol. The zero-order valence-electron chi connectivity index (χ0n) is 10.9. The van der Waals surface area contributed by atoms with Crippen molar-refractivity contribution in [2.24, 2.45) is 5.73 Å². The summed E-state index contributed by atoms with van der Waals surface area (Å²) in [5.74, 6) is -1.95. The smallest absolute Gasteiger partial charge is 0.342 e. The lowest BCUT2D eigenvalue weighted by molar-refractivity contribution is 0.0590. The summed E-state index contributed by atoms with van der Waals surface area (Å²) >= 11 is 0. The Kier molecular flexibility index (Phi) is 4.07. The van der Waals surface area contributed by atoms with Gasteiger partial charge >= 0.3 is 5.97 Å². The van der Waals surface area contributed by atoms with E-state index in [4.69, 9.17) is 5.73 Å². The highest BCUT2D eigenvalue weighted by Crippen LogP contribution is 2.25. The Bertz CT molecular complexity index is 632. The van der Waals surface area contributed by atoms with Gasteiger partial charge in [-0.2, -0.15) is 4.31 Å². The minimum absolute atomic E-state index is 0.152. The molecule has 110 valence electrons. The van der Waals surface area contributed by atoms with Gasteiger partial charge in [0.25, 0.3) is 0 Å². The van der Waals surface area contributed by atoms with Crippen LogP contribution in [-0.4, -0.2) is 44.9 Å². The Hall–Kier alpha value is -1.51. The van der Waals surface area contributed by atoms with Crippen molar-refractivity contribution in [1.29, 1.82) is 0 Å². The van der Waals surface area contributed by atoms with Crippen LogP contribution in [0.1, 0.15) is 16.8 Å². The average Bonchev–Trinajstić information content (AvgIpc) is 2.85. The number of nitrogens with zero attached hydrogens (tertiary/aromatic N) is 1. The minimum atomic E-state index is -3.97. The highest BCUT2D eigenvalue weighted by molar-refractivity contribution is 7.89. The molecule has 0 spiro atoms. The molecule has 1 aromatic carbocycles. The van der Waals surface area contributed by atoms with Crippen LogP contribution in [0.5, 0.6) is 0 Å². The number of hydrogen-bond acceptors (Lipinski definition) is 5. The number of halogens is 1. The molecule has 1 fully saturated rings. The Balaban J connectivity index is 2.52. The summed E-state index contributed by atoms with van der Waals surface area (Å²) in [4.78, 5) is 11.2. The van der Waals surface area contributed by atoms with Gasteiger partial charge in [0, 0.05) is 19.1 Å². The predicted molar refractivity (Wildman–Crippen MR) is 69.1 cm³/mol. The fourth-order valence-electron chi connectivity index (χ4n) is 2.13. The van der Waals surface area contributed by atoms with Crippen LogP contribution >= 0.6 is 0 Å². The highest BCUT2D eigenvalue weighted by atomic mass is 32.2. The van der Waals surface area contributed by atoms with Crippen LogP contribution in [0, 0.1) is 5.82 Å². The molecule has 1 heterocycles. The topological polar surface area (TPSA) is 89.7 Å². The Morgan fingerprint density at radius 1 is 1.50 bits per heavy atom. The zero-order valence-corrected chi connectivity index (χ0v) is 11.7. The van der Waals surface area contributed by atoms with Gasteiger partial charge in [-0.3, -0.25) is 0 Å². The van der Waals surface area contributed by atoms with Crippen LogP contribution < -0.4 is 5.73 Å². The van der Waals surface area contributed by atoms with E-state index in [2.05, 4.69) is 4.74 Å². The molecule has 2 N–H and O–H groups in total. The summed E-state index contributed by atoms with van der Waals surface area (Å²) in [6.45, 7) is 0.403. The van der Waals surface area contributed by atoms with Crippen molar-refractivity contribution < 1.29 is 22.3 Å². The third-order valence-corrected chi connectivity index (χ3v) is 5.08. The molecule has 1 saturated heterocycles. The number of benzene rings is 1. The molecular formula is C12H15FN2O4S. The van der Waals surface area contributed by atoms with E-state index in [-0.39, 0.29) is 19.1 Å². The standard InChI is InChI=1S/C12H15FN2O4S/c1-19-12(16)11-9(13)3-2-4-10(11)20(17,18)15-6-5-8(14)7-15/h2-4,8H,5-7,14H2,1H3/t8-/m1/s1. The minimum Gasteiger partial charge on any atom is -0.465 e. The van der Waals surface area contributed by atoms with Gasteiger partial charge in [0.05, 0.1) is 12.0 Å². The van der Waals surface area contributed by atoms with Crippen molar-refractivity contribution in [2.45, 2.75) is 17.4 Å². The number of methoxy groups -OCH3 is 1. The summed E-state index contributed by atoms with van der Waals surface area (Å²) < 4.78 is 44.3. The van der Waals surface area contributed by atoms with Gasteiger partial charge in [0.1, 0.15) is 11.4 Å². The summed E-state index contributed by atoms with van der Waals surface area (Å²) in [6.07, 6.45) is 0.530. The zero-order chi connectivity index (χ0) is 14.9. The van der Waals surface area contributed by atoms with Gasteiger partial charge < -0.3 is 10.5 Å². The van der Waals surface area contributed by atoms with E-state index in [9.17, 15) is 17.6 Å². The van der Waals surface area contributed by atoms with Crippen molar-refractivity contribution >= 4 is 16.0 Å². The van der Waals surface area contributed by atoms with Gasteiger partial charge in [0.15, 0.2) is 0 Å². The first-order chi connectivity index (χ1) is 9.37. The van der Waals surface area contributed by atoms with Crippen LogP contribution in [0.3, 0.4) is 0 Å². The molecule has 20 heavy (non-hydrogen) atoms. The first kappa shape index (κ1) is 14.9. The Morgan fingerprint density at radius 3 is 2.75 bits per heavy atom. The van der Waals surface area contributed by atoms with Crippen molar-refractivity contribution in [3.8, 4) is 0 Å². The molecule has 1 atom stereocenters. The molecular weight excluding hydrogens is 287 g/mol. The van der Waals surface area contributed by atoms with Gasteiger partial charge in [-0.25, -0.2) is 17.6 Å². The van der Waals surface area contributed by atoms with Crippen molar-refractivity contribution in [3.05, 3.63) is 29.6 Å². The SMILES string of the molecule is COC(=O)c1c(F)cccc1S(=O)(=O)N1CC[C@@H](N)C1. The van der Waals surface area contributed by atoms with E-state index < -0.39 is 32.3 Å². The first-order valence-electron chi connectivity index (χ1n) is 6.00. The van der Waals surface area contributed by atoms with Crippen LogP contribution in [0.2, 0.25) is 0 Å². The van der Waals surface area contributed by atoms with E-state index in [0.29, 0.717) is 6.42 Å². The number of hydrogen-bond donors (Lipinski definition) is 1. The lowest BCUT2D eigenvalue weighted by Crippen LogP contribution is -2.33. The Labute approximate surface area is 116 Å². The van der Waals surface area contributed by atoms with Crippen LogP contribution in [0.15, 0.2) is 23.1 Å². The molecule has 0 unspecified atom stereocenters. The van der Waals surface area contributed by atoms with Crippen LogP contribution in [0.4, 0.5) is 4.39 Å². The maximum Gasteiger partial charge on any atom is 0.342 e. The van der Waals surface area contributed by atoms with E-state index in [0.717, 1.165) is 17.5 Å². The van der Waals surface area contributed by atoms with Crippen molar-refractivity contribution in [1.82, 2.24) is 4.31 Å². The second-order valence-electron chi connectivity index (χ2n) is 4.52. The molecule has 0 amide bonds. The number of ether oxygens (including phenoxy) is 1. The molecule has 0 aromatic heterocycles. The molecule has 6 nitrogen and oxygen atoms in total. The normalized spacial score (nSPS) is 20.1. The van der Waals surface area contributed by atoms with Crippen LogP contribution in [-0.2, 0) is 14.8 Å². The molecule has 0 radical (unpaired) electrons. The van der Waals surface area contributed by atoms with Gasteiger partial charge in [-0.15, -0.1) is 0 Å². The second kappa shape index (κ2) is 5.47. The molecule has 0 aliphatic carbocycles. The third kappa shape index (κ3) is 2.54. The number of esters is 1. The number of carbonyl (C=O) groups excluding carboxylic acids is 1. The summed E-state index contributed by atoms with van der Waals surface area (Å²) in [6, 6.07) is 3.19. The predicted octanol–water partition coefficient (Wildman–Crippen LogP) is 0.334. The van der Waals surface area contributed by atoms with Crippen LogP contribution in [0.25, 0.3) is 0 Å². The van der Waals surface area contributed by atoms with Crippen molar-refractivity contribution in [3.63, 3.8) is 0 Å². The van der Waals surface area contributed by atoms with E-state index in [1.165, 1.54) is 12.1 Å². The second-order valence-corrected chi connectivity index (χ2v) is 6.42. The van der Waals surface area contributed by atoms with E-state index >= 15 is 0 Å². The van der Waals surface area contributed by atoms with E-state index in [1.54, 1.807) is 0 Å². The first-order valence-corrected chi connectivity index (χ1v) is 7.44. The van der Waals surface area contributed by atoms with Gasteiger partial charge in [-0.05, 0) is 18.6 Å². The summed E-state index contributed by atoms with van der Waals surface area (Å²) in [5.41, 5.74) is 5.11. The number of rotatable bonds is 3. The number of sulfonamides is 1. The molecule has 1 aliphatic heterocycles. The van der Waals surface area contributed by atoms with Gasteiger partial charge in [-0.1, -0.05) is 6.07 Å². The molecule has 8 heteroatoms. The number of carbonyl (C=O) groups is 1. The highest BCUT2D eigenvalue weighted by Gasteiger charge is 2.35. The quantitative estimate of drug-likeness (QED) is 0.813.